The maximum absolute atomic E-state index is 5.72. The molecule has 3 heteroatoms. The number of ether oxygens (including phenoxy) is 2. The summed E-state index contributed by atoms with van der Waals surface area (Å²) in [6, 6.07) is 8.89. The Morgan fingerprint density at radius 1 is 1.30 bits per heavy atom. The van der Waals surface area contributed by atoms with Gasteiger partial charge in [0.1, 0.15) is 5.75 Å². The minimum Gasteiger partial charge on any atom is -0.494 e. The summed E-state index contributed by atoms with van der Waals surface area (Å²) in [5.41, 5.74) is 1.34. The van der Waals surface area contributed by atoms with Crippen LogP contribution in [0.2, 0.25) is 0 Å². The maximum atomic E-state index is 5.72. The highest BCUT2D eigenvalue weighted by molar-refractivity contribution is 5.29. The summed E-state index contributed by atoms with van der Waals surface area (Å²) in [4.78, 5) is 0. The zero-order valence-corrected chi connectivity index (χ0v) is 12.7. The van der Waals surface area contributed by atoms with Crippen molar-refractivity contribution in [3.8, 4) is 5.75 Å². The van der Waals surface area contributed by atoms with Gasteiger partial charge in [0, 0.05) is 12.6 Å². The van der Waals surface area contributed by atoms with Crippen LogP contribution in [0.15, 0.2) is 24.3 Å². The van der Waals surface area contributed by atoms with Crippen molar-refractivity contribution in [3.63, 3.8) is 0 Å². The van der Waals surface area contributed by atoms with Crippen LogP contribution in [0, 0.1) is 0 Å². The number of rotatable bonds is 8. The molecule has 1 aliphatic rings. The molecule has 2 atom stereocenters. The Balaban J connectivity index is 1.91. The van der Waals surface area contributed by atoms with Crippen LogP contribution in [0.25, 0.3) is 0 Å². The second-order valence-corrected chi connectivity index (χ2v) is 5.32. The molecule has 0 aliphatic carbocycles. The average Bonchev–Trinajstić information content (AvgIpc) is 2.98. The topological polar surface area (TPSA) is 30.5 Å². The van der Waals surface area contributed by atoms with E-state index in [0.29, 0.717) is 12.1 Å². The van der Waals surface area contributed by atoms with Crippen molar-refractivity contribution in [2.24, 2.45) is 0 Å². The van der Waals surface area contributed by atoms with Crippen molar-refractivity contribution in [3.05, 3.63) is 29.8 Å². The Morgan fingerprint density at radius 3 is 2.70 bits per heavy atom. The molecule has 1 saturated heterocycles. The molecule has 112 valence electrons. The van der Waals surface area contributed by atoms with Crippen LogP contribution in [0.1, 0.15) is 51.1 Å². The molecule has 1 aliphatic heterocycles. The Hall–Kier alpha value is -1.06. The van der Waals surface area contributed by atoms with Crippen LogP contribution >= 0.6 is 0 Å². The van der Waals surface area contributed by atoms with Crippen molar-refractivity contribution in [2.45, 2.75) is 51.7 Å². The molecule has 0 spiro atoms. The van der Waals surface area contributed by atoms with Gasteiger partial charge in [0.2, 0.25) is 0 Å². The van der Waals surface area contributed by atoms with Crippen molar-refractivity contribution >= 4 is 0 Å². The van der Waals surface area contributed by atoms with Crippen LogP contribution in [-0.2, 0) is 4.74 Å². The summed E-state index contributed by atoms with van der Waals surface area (Å²) in [7, 11) is 0. The molecular formula is C17H27NO2. The largest absolute Gasteiger partial charge is 0.494 e. The SMILES string of the molecule is CCNC(CCC1CCCO1)c1ccc(OCC)cc1. The molecular weight excluding hydrogens is 250 g/mol. The zero-order chi connectivity index (χ0) is 14.2. The third-order valence-electron chi connectivity index (χ3n) is 3.85. The normalized spacial score (nSPS) is 20.0. The highest BCUT2D eigenvalue weighted by Gasteiger charge is 2.18. The lowest BCUT2D eigenvalue weighted by Crippen LogP contribution is -2.22. The molecule has 1 N–H and O–H groups in total. The standard InChI is InChI=1S/C17H27NO2/c1-3-18-17(12-11-15-6-5-13-20-15)14-7-9-16(10-8-14)19-4-2/h7-10,15,17-18H,3-6,11-13H2,1-2H3. The molecule has 3 nitrogen and oxygen atoms in total. The summed E-state index contributed by atoms with van der Waals surface area (Å²) in [6.07, 6.45) is 5.19. The van der Waals surface area contributed by atoms with Gasteiger partial charge in [0.05, 0.1) is 12.7 Å². The van der Waals surface area contributed by atoms with Gasteiger partial charge in [-0.15, -0.1) is 0 Å². The van der Waals surface area contributed by atoms with Gasteiger partial charge in [-0.25, -0.2) is 0 Å². The lowest BCUT2D eigenvalue weighted by atomic mass is 9.99. The van der Waals surface area contributed by atoms with E-state index < -0.39 is 0 Å². The molecule has 1 heterocycles. The summed E-state index contributed by atoms with van der Waals surface area (Å²) in [6.45, 7) is 6.82. The van der Waals surface area contributed by atoms with E-state index in [1.54, 1.807) is 0 Å². The zero-order valence-electron chi connectivity index (χ0n) is 12.7. The van der Waals surface area contributed by atoms with Crippen LogP contribution in [-0.4, -0.2) is 25.9 Å². The molecule has 0 bridgehead atoms. The van der Waals surface area contributed by atoms with E-state index in [-0.39, 0.29) is 0 Å². The first-order valence-corrected chi connectivity index (χ1v) is 7.91. The summed E-state index contributed by atoms with van der Waals surface area (Å²) in [5.74, 6) is 0.950. The molecule has 0 amide bonds. The summed E-state index contributed by atoms with van der Waals surface area (Å²) >= 11 is 0. The predicted octanol–water partition coefficient (Wildman–Crippen LogP) is 3.70. The first-order chi connectivity index (χ1) is 9.83. The maximum Gasteiger partial charge on any atom is 0.119 e. The fraction of sp³-hybridized carbons (Fsp3) is 0.647. The number of nitrogens with one attached hydrogen (secondary N) is 1. The second-order valence-electron chi connectivity index (χ2n) is 5.32. The van der Waals surface area contributed by atoms with Gasteiger partial charge in [0.25, 0.3) is 0 Å². The summed E-state index contributed by atoms with van der Waals surface area (Å²) in [5, 5.41) is 3.58. The van der Waals surface area contributed by atoms with Gasteiger partial charge in [-0.2, -0.15) is 0 Å². The van der Waals surface area contributed by atoms with Crippen LogP contribution < -0.4 is 10.1 Å². The third kappa shape index (κ3) is 4.50. The molecule has 1 fully saturated rings. The molecule has 0 radical (unpaired) electrons. The average molecular weight is 277 g/mol. The first kappa shape index (κ1) is 15.3. The van der Waals surface area contributed by atoms with E-state index in [1.807, 2.05) is 6.92 Å². The van der Waals surface area contributed by atoms with Gasteiger partial charge >= 0.3 is 0 Å². The van der Waals surface area contributed by atoms with Crippen LogP contribution in [0.4, 0.5) is 0 Å². The molecule has 20 heavy (non-hydrogen) atoms. The Morgan fingerprint density at radius 2 is 2.10 bits per heavy atom. The Labute approximate surface area is 122 Å². The smallest absolute Gasteiger partial charge is 0.119 e. The fourth-order valence-corrected chi connectivity index (χ4v) is 2.82. The van der Waals surface area contributed by atoms with Crippen molar-refractivity contribution < 1.29 is 9.47 Å². The van der Waals surface area contributed by atoms with E-state index in [0.717, 1.165) is 38.3 Å². The first-order valence-electron chi connectivity index (χ1n) is 7.91. The van der Waals surface area contributed by atoms with Crippen LogP contribution in [0.5, 0.6) is 5.75 Å². The lowest BCUT2D eigenvalue weighted by Gasteiger charge is -2.20. The third-order valence-corrected chi connectivity index (χ3v) is 3.85. The van der Waals surface area contributed by atoms with Gasteiger partial charge in [-0.05, 0) is 56.8 Å². The number of hydrogen-bond acceptors (Lipinski definition) is 3. The van der Waals surface area contributed by atoms with Gasteiger partial charge < -0.3 is 14.8 Å². The minimum atomic E-state index is 0.417. The number of benzene rings is 1. The van der Waals surface area contributed by atoms with E-state index in [4.69, 9.17) is 9.47 Å². The summed E-state index contributed by atoms with van der Waals surface area (Å²) < 4.78 is 11.2. The quantitative estimate of drug-likeness (QED) is 0.786. The molecule has 0 saturated carbocycles. The van der Waals surface area contributed by atoms with Crippen LogP contribution in [0.3, 0.4) is 0 Å². The monoisotopic (exact) mass is 277 g/mol. The Kier molecular flexibility index (Phi) is 6.34. The highest BCUT2D eigenvalue weighted by atomic mass is 16.5. The van der Waals surface area contributed by atoms with Crippen molar-refractivity contribution in [2.75, 3.05) is 19.8 Å². The van der Waals surface area contributed by atoms with E-state index >= 15 is 0 Å². The van der Waals surface area contributed by atoms with Crippen molar-refractivity contribution in [1.29, 1.82) is 0 Å². The highest BCUT2D eigenvalue weighted by Crippen LogP contribution is 2.25. The second kappa shape index (κ2) is 8.28. The van der Waals surface area contributed by atoms with E-state index in [9.17, 15) is 0 Å². The molecule has 1 aromatic rings. The molecule has 2 unspecified atom stereocenters. The fourth-order valence-electron chi connectivity index (χ4n) is 2.82. The molecule has 1 aromatic carbocycles. The predicted molar refractivity (Wildman–Crippen MR) is 82.2 cm³/mol. The van der Waals surface area contributed by atoms with Gasteiger partial charge in [-0.1, -0.05) is 19.1 Å². The Bertz CT molecular complexity index is 371. The van der Waals surface area contributed by atoms with E-state index in [1.165, 1.54) is 18.4 Å². The van der Waals surface area contributed by atoms with Crippen molar-refractivity contribution in [1.82, 2.24) is 5.32 Å². The molecule has 0 aromatic heterocycles. The lowest BCUT2D eigenvalue weighted by molar-refractivity contribution is 0.0996. The van der Waals surface area contributed by atoms with Gasteiger partial charge in [-0.3, -0.25) is 0 Å². The molecule has 2 rings (SSSR count). The number of hydrogen-bond donors (Lipinski definition) is 1. The van der Waals surface area contributed by atoms with Gasteiger partial charge in [0.15, 0.2) is 0 Å². The van der Waals surface area contributed by atoms with E-state index in [2.05, 4.69) is 36.5 Å². The minimum absolute atomic E-state index is 0.417.